The third kappa shape index (κ3) is 3.55. The number of carbonyl (C=O) groups is 1. The molecule has 0 spiro atoms. The van der Waals surface area contributed by atoms with Crippen LogP contribution in [0.25, 0.3) is 0 Å². The Morgan fingerprint density at radius 1 is 1.20 bits per heavy atom. The van der Waals surface area contributed by atoms with Crippen LogP contribution in [0.1, 0.15) is 24.1 Å². The summed E-state index contributed by atoms with van der Waals surface area (Å²) < 4.78 is 1.88. The van der Waals surface area contributed by atoms with E-state index in [-0.39, 0.29) is 23.3 Å². The highest BCUT2D eigenvalue weighted by atomic mass is 16.6. The molecule has 0 aliphatic carbocycles. The van der Waals surface area contributed by atoms with Gasteiger partial charge in [0.2, 0.25) is 5.91 Å². The zero-order valence-corrected chi connectivity index (χ0v) is 13.5. The Bertz CT molecular complexity index is 892. The predicted molar refractivity (Wildman–Crippen MR) is 93.3 cm³/mol. The summed E-state index contributed by atoms with van der Waals surface area (Å²) in [5.74, 6) is -0.356. The van der Waals surface area contributed by atoms with Crippen molar-refractivity contribution in [3.63, 3.8) is 0 Å². The monoisotopic (exact) mass is 336 g/mol. The Morgan fingerprint density at radius 3 is 2.56 bits per heavy atom. The first kappa shape index (κ1) is 16.4. The second-order valence-electron chi connectivity index (χ2n) is 5.54. The van der Waals surface area contributed by atoms with Gasteiger partial charge in [0, 0.05) is 25.4 Å². The minimum absolute atomic E-state index is 0.145. The number of nitro benzene ring substituents is 1. The summed E-state index contributed by atoms with van der Waals surface area (Å²) in [6.45, 7) is 1.32. The molecule has 0 radical (unpaired) electrons. The van der Waals surface area contributed by atoms with Gasteiger partial charge in [-0.1, -0.05) is 36.4 Å². The number of nitrogens with one attached hydrogen (secondary N) is 1. The molecule has 0 fully saturated rings. The first-order chi connectivity index (χ1) is 12.1. The molecule has 0 saturated carbocycles. The zero-order chi connectivity index (χ0) is 17.8. The van der Waals surface area contributed by atoms with Gasteiger partial charge in [-0.2, -0.15) is 0 Å². The lowest BCUT2D eigenvalue weighted by molar-refractivity contribution is -0.384. The highest BCUT2D eigenvalue weighted by molar-refractivity contribution is 5.91. The molecule has 3 aromatic rings. The summed E-state index contributed by atoms with van der Waals surface area (Å²) in [5, 5.41) is 13.9. The van der Waals surface area contributed by atoms with Crippen LogP contribution in [0.2, 0.25) is 0 Å². The van der Waals surface area contributed by atoms with Crippen LogP contribution in [0, 0.1) is 10.1 Å². The SMILES string of the molecule is CC(=O)Nc1ccc(C(c2ccccc2)n2ccnc2)cc1[N+](=O)[O-]. The van der Waals surface area contributed by atoms with Crippen molar-refractivity contribution in [2.45, 2.75) is 13.0 Å². The lowest BCUT2D eigenvalue weighted by Gasteiger charge is -2.20. The molecule has 7 nitrogen and oxygen atoms in total. The average Bonchev–Trinajstić information content (AvgIpc) is 3.11. The highest BCUT2D eigenvalue weighted by Crippen LogP contribution is 2.33. The summed E-state index contributed by atoms with van der Waals surface area (Å²) in [6.07, 6.45) is 5.15. The molecule has 1 amide bonds. The first-order valence-electron chi connectivity index (χ1n) is 7.64. The van der Waals surface area contributed by atoms with Crippen LogP contribution in [-0.2, 0) is 4.79 Å². The molecule has 0 saturated heterocycles. The molecule has 7 heteroatoms. The lowest BCUT2D eigenvalue weighted by atomic mass is 9.97. The number of aromatic nitrogens is 2. The Hall–Kier alpha value is -3.48. The second kappa shape index (κ2) is 6.96. The number of amides is 1. The fourth-order valence-corrected chi connectivity index (χ4v) is 2.76. The van der Waals surface area contributed by atoms with Gasteiger partial charge in [0.15, 0.2) is 0 Å². The third-order valence-corrected chi connectivity index (χ3v) is 3.78. The van der Waals surface area contributed by atoms with Gasteiger partial charge in [0.05, 0.1) is 17.3 Å². The molecule has 0 aliphatic heterocycles. The number of benzene rings is 2. The van der Waals surface area contributed by atoms with E-state index in [1.54, 1.807) is 24.7 Å². The molecular formula is C18H16N4O3. The fourth-order valence-electron chi connectivity index (χ4n) is 2.76. The molecule has 0 bridgehead atoms. The van der Waals surface area contributed by atoms with Crippen molar-refractivity contribution < 1.29 is 9.72 Å². The van der Waals surface area contributed by atoms with E-state index in [1.165, 1.54) is 13.0 Å². The predicted octanol–water partition coefficient (Wildman–Crippen LogP) is 3.39. The molecule has 1 aromatic heterocycles. The molecule has 1 atom stereocenters. The Morgan fingerprint density at radius 2 is 1.96 bits per heavy atom. The smallest absolute Gasteiger partial charge is 0.293 e. The fraction of sp³-hybridized carbons (Fsp3) is 0.111. The van der Waals surface area contributed by atoms with E-state index in [0.29, 0.717) is 0 Å². The average molecular weight is 336 g/mol. The summed E-state index contributed by atoms with van der Waals surface area (Å²) >= 11 is 0. The van der Waals surface area contributed by atoms with Gasteiger partial charge in [-0.15, -0.1) is 0 Å². The van der Waals surface area contributed by atoms with Crippen LogP contribution < -0.4 is 5.32 Å². The highest BCUT2D eigenvalue weighted by Gasteiger charge is 2.21. The molecule has 2 aromatic carbocycles. The number of hydrogen-bond donors (Lipinski definition) is 1. The van der Waals surface area contributed by atoms with E-state index in [9.17, 15) is 14.9 Å². The maximum absolute atomic E-state index is 11.4. The quantitative estimate of drug-likeness (QED) is 0.571. The van der Waals surface area contributed by atoms with Gasteiger partial charge in [-0.25, -0.2) is 4.98 Å². The van der Waals surface area contributed by atoms with Crippen LogP contribution in [-0.4, -0.2) is 20.4 Å². The number of hydrogen-bond acceptors (Lipinski definition) is 4. The van der Waals surface area contributed by atoms with Crippen molar-refractivity contribution in [3.05, 3.63) is 88.5 Å². The number of rotatable bonds is 5. The molecule has 25 heavy (non-hydrogen) atoms. The van der Waals surface area contributed by atoms with Gasteiger partial charge in [-0.3, -0.25) is 14.9 Å². The largest absolute Gasteiger partial charge is 0.326 e. The van der Waals surface area contributed by atoms with E-state index in [0.717, 1.165) is 11.1 Å². The maximum atomic E-state index is 11.4. The van der Waals surface area contributed by atoms with Crippen molar-refractivity contribution in [1.29, 1.82) is 0 Å². The number of anilines is 1. The van der Waals surface area contributed by atoms with Gasteiger partial charge in [-0.05, 0) is 17.2 Å². The van der Waals surface area contributed by atoms with Gasteiger partial charge >= 0.3 is 0 Å². The normalized spacial score (nSPS) is 11.7. The Kier molecular flexibility index (Phi) is 4.56. The van der Waals surface area contributed by atoms with Crippen molar-refractivity contribution in [1.82, 2.24) is 9.55 Å². The number of carbonyl (C=O) groups excluding carboxylic acids is 1. The standard InChI is InChI=1S/C18H16N4O3/c1-13(23)20-16-8-7-15(11-17(16)22(24)25)18(21-10-9-19-12-21)14-5-3-2-4-6-14/h2-12,18H,1H3,(H,20,23). The minimum Gasteiger partial charge on any atom is -0.326 e. The van der Waals surface area contributed by atoms with E-state index in [4.69, 9.17) is 0 Å². The van der Waals surface area contributed by atoms with Gasteiger partial charge < -0.3 is 9.88 Å². The Balaban J connectivity index is 2.12. The van der Waals surface area contributed by atoms with Crippen LogP contribution in [0.15, 0.2) is 67.3 Å². The molecule has 3 rings (SSSR count). The molecule has 0 aliphatic rings. The third-order valence-electron chi connectivity index (χ3n) is 3.78. The zero-order valence-electron chi connectivity index (χ0n) is 13.5. The van der Waals surface area contributed by atoms with Gasteiger partial charge in [0.1, 0.15) is 5.69 Å². The van der Waals surface area contributed by atoms with E-state index in [2.05, 4.69) is 10.3 Å². The molecular weight excluding hydrogens is 320 g/mol. The van der Waals surface area contributed by atoms with Crippen molar-refractivity contribution >= 4 is 17.3 Å². The van der Waals surface area contributed by atoms with E-state index >= 15 is 0 Å². The number of imidazole rings is 1. The topological polar surface area (TPSA) is 90.1 Å². The molecule has 126 valence electrons. The van der Waals surface area contributed by atoms with E-state index in [1.807, 2.05) is 41.1 Å². The summed E-state index contributed by atoms with van der Waals surface area (Å²) in [7, 11) is 0. The summed E-state index contributed by atoms with van der Waals surface area (Å²) in [4.78, 5) is 26.3. The Labute approximate surface area is 144 Å². The lowest BCUT2D eigenvalue weighted by Crippen LogP contribution is -2.12. The number of nitrogens with zero attached hydrogens (tertiary/aromatic N) is 3. The van der Waals surface area contributed by atoms with Crippen LogP contribution >= 0.6 is 0 Å². The minimum atomic E-state index is -0.495. The summed E-state index contributed by atoms with van der Waals surface area (Å²) in [6, 6.07) is 14.2. The first-order valence-corrected chi connectivity index (χ1v) is 7.64. The molecule has 1 heterocycles. The van der Waals surface area contributed by atoms with Crippen molar-refractivity contribution in [3.8, 4) is 0 Å². The maximum Gasteiger partial charge on any atom is 0.293 e. The molecule has 1 N–H and O–H groups in total. The number of nitro groups is 1. The van der Waals surface area contributed by atoms with Crippen LogP contribution in [0.3, 0.4) is 0 Å². The van der Waals surface area contributed by atoms with Crippen molar-refractivity contribution in [2.24, 2.45) is 0 Å². The van der Waals surface area contributed by atoms with Crippen LogP contribution in [0.4, 0.5) is 11.4 Å². The van der Waals surface area contributed by atoms with Gasteiger partial charge in [0.25, 0.3) is 5.69 Å². The van der Waals surface area contributed by atoms with Crippen molar-refractivity contribution in [2.75, 3.05) is 5.32 Å². The summed E-state index contributed by atoms with van der Waals surface area (Å²) in [5.41, 5.74) is 1.74. The second-order valence-corrected chi connectivity index (χ2v) is 5.54. The van der Waals surface area contributed by atoms with E-state index < -0.39 is 4.92 Å². The molecule has 1 unspecified atom stereocenters. The van der Waals surface area contributed by atoms with Crippen LogP contribution in [0.5, 0.6) is 0 Å².